The molecule has 3 aromatic carbocycles. The van der Waals surface area contributed by atoms with E-state index in [4.69, 9.17) is 24.2 Å². The number of fused-ring (bicyclic) bond motifs is 3. The molecular formula is C45H56N2O8. The number of nitrogens with zero attached hydrogens (tertiary/aromatic N) is 2. The molecule has 0 saturated heterocycles. The molecule has 1 amide bonds. The van der Waals surface area contributed by atoms with Crippen LogP contribution in [0.1, 0.15) is 75.3 Å². The van der Waals surface area contributed by atoms with E-state index in [9.17, 15) is 20.1 Å². The molecule has 0 aromatic heterocycles. The van der Waals surface area contributed by atoms with Crippen LogP contribution in [-0.4, -0.2) is 76.9 Å². The Morgan fingerprint density at radius 2 is 1.80 bits per heavy atom. The summed E-state index contributed by atoms with van der Waals surface area (Å²) in [6.45, 7) is 10.8. The van der Waals surface area contributed by atoms with Gasteiger partial charge in [-0.05, 0) is 91.0 Å². The number of allylic oxidation sites excluding steroid dienone is 1. The number of phenolic OH excluding ortho intramolecular Hbond substituents is 1. The van der Waals surface area contributed by atoms with Crippen molar-refractivity contribution in [3.63, 3.8) is 0 Å². The van der Waals surface area contributed by atoms with Crippen molar-refractivity contribution in [2.24, 2.45) is 22.9 Å². The van der Waals surface area contributed by atoms with Gasteiger partial charge in [0.1, 0.15) is 24.1 Å². The fraction of sp³-hybridized carbons (Fsp3) is 0.467. The van der Waals surface area contributed by atoms with E-state index in [0.29, 0.717) is 37.3 Å². The first kappa shape index (κ1) is 40.0. The van der Waals surface area contributed by atoms with Crippen LogP contribution < -0.4 is 4.74 Å². The number of hydrogen-bond acceptors (Lipinski definition) is 9. The highest BCUT2D eigenvalue weighted by Gasteiger charge is 2.65. The number of amides is 1. The highest BCUT2D eigenvalue weighted by Crippen LogP contribution is 2.62. The van der Waals surface area contributed by atoms with Crippen molar-refractivity contribution in [2.75, 3.05) is 33.0 Å². The third-order valence-electron chi connectivity index (χ3n) is 11.3. The maximum Gasteiger partial charge on any atom is 0.410 e. The van der Waals surface area contributed by atoms with Gasteiger partial charge in [-0.1, -0.05) is 78.7 Å². The predicted octanol–water partition coefficient (Wildman–Crippen LogP) is 8.41. The van der Waals surface area contributed by atoms with Crippen LogP contribution in [-0.2, 0) is 20.9 Å². The molecule has 2 aliphatic carbocycles. The topological polar surface area (TPSA) is 130 Å². The molecular weight excluding hydrogens is 697 g/mol. The molecule has 55 heavy (non-hydrogen) atoms. The van der Waals surface area contributed by atoms with E-state index in [1.165, 1.54) is 0 Å². The number of aliphatic hydroxyl groups excluding tert-OH is 2. The average molecular weight is 753 g/mol. The second-order valence-corrected chi connectivity index (χ2v) is 14.7. The zero-order valence-corrected chi connectivity index (χ0v) is 32.0. The second-order valence-electron chi connectivity index (χ2n) is 14.7. The smallest absolute Gasteiger partial charge is 0.410 e. The molecule has 1 fully saturated rings. The molecule has 1 heterocycles. The Bertz CT molecular complexity index is 1850. The standard InChI is InChI=1S/C45H56N2O8/c1-4-7-26-52-44(51)47(30-33-18-14-17-31-15-8-9-19-35(31)33)41-29-39(46-54-6-3)37-27-32(16-10-12-23-48)36(20-11-13-24-49)42-38-28-34(50)21-22-40(38)55-45(41,43(37)42)53-25-5-2/h4-5,8-9,14-15,17-19,21-22,27-28,32,36,41-43,48-50H,1-2,6-7,10-13,16,20,23-26,29-30H2,3H3/t32-,36+,41-,42+,43+,45+/m0/s1. The van der Waals surface area contributed by atoms with E-state index in [1.54, 1.807) is 35.3 Å². The molecule has 0 radical (unpaired) electrons. The molecule has 1 saturated carbocycles. The maximum atomic E-state index is 14.6. The summed E-state index contributed by atoms with van der Waals surface area (Å²) in [5.74, 6) is -1.31. The van der Waals surface area contributed by atoms with Gasteiger partial charge in [0.25, 0.3) is 0 Å². The van der Waals surface area contributed by atoms with Gasteiger partial charge in [0.05, 0.1) is 31.4 Å². The van der Waals surface area contributed by atoms with Crippen LogP contribution in [0.5, 0.6) is 11.5 Å². The Hall–Kier alpha value is -4.64. The number of aromatic hydroxyl groups is 1. The predicted molar refractivity (Wildman–Crippen MR) is 214 cm³/mol. The van der Waals surface area contributed by atoms with Gasteiger partial charge in [0, 0.05) is 31.1 Å². The van der Waals surface area contributed by atoms with Crippen molar-refractivity contribution in [2.45, 2.75) is 82.6 Å². The SMILES string of the molecule is C=CCCOC(=O)N(Cc1cccc2ccccc12)[C@H]1CC(=NOCC)C2=C[C@H](CCCCO)[C@@H](CCCCO)[C@@H]3c4cc(O)ccc4O[C@@]1(OCC=C)[C@H]23. The van der Waals surface area contributed by atoms with Gasteiger partial charge >= 0.3 is 6.09 Å². The monoisotopic (exact) mass is 752 g/mol. The van der Waals surface area contributed by atoms with Crippen molar-refractivity contribution in [1.82, 2.24) is 4.90 Å². The molecule has 10 heteroatoms. The first-order valence-corrected chi connectivity index (χ1v) is 19.8. The number of carbonyl (C=O) groups excluding carboxylic acids is 1. The van der Waals surface area contributed by atoms with E-state index in [2.05, 4.69) is 37.4 Å². The fourth-order valence-electron chi connectivity index (χ4n) is 9.03. The minimum Gasteiger partial charge on any atom is -0.508 e. The number of ether oxygens (including phenoxy) is 3. The summed E-state index contributed by atoms with van der Waals surface area (Å²) in [6, 6.07) is 18.7. The lowest BCUT2D eigenvalue weighted by Gasteiger charge is -2.59. The zero-order valence-electron chi connectivity index (χ0n) is 32.0. The van der Waals surface area contributed by atoms with Gasteiger partial charge < -0.3 is 34.4 Å². The van der Waals surface area contributed by atoms with E-state index >= 15 is 0 Å². The van der Waals surface area contributed by atoms with E-state index in [-0.39, 0.29) is 62.9 Å². The highest BCUT2D eigenvalue weighted by atomic mass is 16.7. The van der Waals surface area contributed by atoms with Crippen LogP contribution >= 0.6 is 0 Å². The number of hydrogen-bond donors (Lipinski definition) is 3. The normalized spacial score (nSPS) is 24.6. The lowest BCUT2D eigenvalue weighted by Crippen LogP contribution is -2.70. The third kappa shape index (κ3) is 8.47. The lowest BCUT2D eigenvalue weighted by molar-refractivity contribution is -0.256. The Morgan fingerprint density at radius 3 is 2.56 bits per heavy atom. The Balaban J connectivity index is 1.60. The number of rotatable bonds is 19. The molecule has 3 aliphatic rings. The second kappa shape index (κ2) is 18.8. The summed E-state index contributed by atoms with van der Waals surface area (Å²) in [4.78, 5) is 22.2. The van der Waals surface area contributed by atoms with Gasteiger partial charge in [0.15, 0.2) is 0 Å². The third-order valence-corrected chi connectivity index (χ3v) is 11.3. The largest absolute Gasteiger partial charge is 0.508 e. The summed E-state index contributed by atoms with van der Waals surface area (Å²) in [5, 5.41) is 37.4. The van der Waals surface area contributed by atoms with Gasteiger partial charge in [-0.3, -0.25) is 4.90 Å². The number of benzene rings is 3. The van der Waals surface area contributed by atoms with Crippen LogP contribution in [0.4, 0.5) is 4.79 Å². The van der Waals surface area contributed by atoms with Crippen molar-refractivity contribution in [1.29, 1.82) is 0 Å². The molecule has 6 atom stereocenters. The Morgan fingerprint density at radius 1 is 1.02 bits per heavy atom. The maximum absolute atomic E-state index is 14.6. The molecule has 1 aliphatic heterocycles. The number of carbonyl (C=O) groups is 1. The summed E-state index contributed by atoms with van der Waals surface area (Å²) in [6.07, 6.45) is 10.5. The van der Waals surface area contributed by atoms with E-state index in [1.807, 2.05) is 31.2 Å². The molecule has 3 N–H and O–H groups in total. The minimum absolute atomic E-state index is 0.0494. The summed E-state index contributed by atoms with van der Waals surface area (Å²) >= 11 is 0. The first-order chi connectivity index (χ1) is 26.9. The first-order valence-electron chi connectivity index (χ1n) is 19.8. The molecule has 6 rings (SSSR count). The summed E-state index contributed by atoms with van der Waals surface area (Å²) in [5.41, 5.74) is 3.44. The number of phenols is 1. The Kier molecular flexibility index (Phi) is 13.7. The Labute approximate surface area is 324 Å². The van der Waals surface area contributed by atoms with Crippen LogP contribution in [0.3, 0.4) is 0 Å². The number of oxime groups is 1. The van der Waals surface area contributed by atoms with E-state index < -0.39 is 23.8 Å². The molecule has 0 bridgehead atoms. The van der Waals surface area contributed by atoms with Crippen molar-refractivity contribution in [3.8, 4) is 11.5 Å². The average Bonchev–Trinajstić information content (AvgIpc) is 3.20. The minimum atomic E-state index is -1.44. The highest BCUT2D eigenvalue weighted by molar-refractivity contribution is 6.03. The number of unbranched alkanes of at least 4 members (excludes halogenated alkanes) is 2. The van der Waals surface area contributed by atoms with Crippen LogP contribution in [0.25, 0.3) is 10.8 Å². The molecule has 294 valence electrons. The van der Waals surface area contributed by atoms with Gasteiger partial charge in [-0.2, -0.15) is 0 Å². The van der Waals surface area contributed by atoms with Gasteiger partial charge in [-0.25, -0.2) is 4.79 Å². The van der Waals surface area contributed by atoms with Gasteiger partial charge in [-0.15, -0.1) is 13.2 Å². The zero-order chi connectivity index (χ0) is 38.8. The molecule has 3 aromatic rings. The molecule has 0 spiro atoms. The quantitative estimate of drug-likeness (QED) is 0.0633. The van der Waals surface area contributed by atoms with Crippen molar-refractivity contribution >= 4 is 22.6 Å². The van der Waals surface area contributed by atoms with E-state index in [0.717, 1.165) is 53.2 Å². The van der Waals surface area contributed by atoms with Crippen LogP contribution in [0, 0.1) is 17.8 Å². The van der Waals surface area contributed by atoms with Crippen molar-refractivity contribution in [3.05, 3.63) is 109 Å². The fourth-order valence-corrected chi connectivity index (χ4v) is 9.03. The van der Waals surface area contributed by atoms with Crippen molar-refractivity contribution < 1.29 is 39.2 Å². The van der Waals surface area contributed by atoms with Crippen LogP contribution in [0.2, 0.25) is 0 Å². The molecule has 0 unspecified atom stereocenters. The van der Waals surface area contributed by atoms with Crippen LogP contribution in [0.15, 0.2) is 103 Å². The molecule has 10 nitrogen and oxygen atoms in total. The summed E-state index contributed by atoms with van der Waals surface area (Å²) < 4.78 is 20.2. The van der Waals surface area contributed by atoms with Gasteiger partial charge in [0.2, 0.25) is 5.79 Å². The number of aliphatic hydroxyl groups is 2. The lowest BCUT2D eigenvalue weighted by atomic mass is 9.55. The summed E-state index contributed by atoms with van der Waals surface area (Å²) in [7, 11) is 0.